The monoisotopic (exact) mass is 302 g/mol. The molecule has 1 aromatic carbocycles. The molecule has 0 saturated heterocycles. The van der Waals surface area contributed by atoms with Crippen molar-refractivity contribution in [1.29, 1.82) is 0 Å². The fourth-order valence-corrected chi connectivity index (χ4v) is 2.76. The molecule has 1 atom stereocenters. The molecule has 4 heteroatoms. The summed E-state index contributed by atoms with van der Waals surface area (Å²) in [4.78, 5) is 0. The van der Waals surface area contributed by atoms with Crippen LogP contribution in [0.4, 0.5) is 13.2 Å². The Morgan fingerprint density at radius 1 is 1.10 bits per heavy atom. The standard InChI is InChI=1S/C17H25F3O/c1-11(2)13-8-7-9-14(15(13)21-6)16(4,5)10-12(3)17(18,19)20/h7-9,11-12H,10H2,1-6H3. The van der Waals surface area contributed by atoms with Crippen molar-refractivity contribution in [1.82, 2.24) is 0 Å². The maximum absolute atomic E-state index is 12.9. The van der Waals surface area contributed by atoms with E-state index in [4.69, 9.17) is 4.74 Å². The van der Waals surface area contributed by atoms with Crippen molar-refractivity contribution in [2.45, 2.75) is 58.5 Å². The lowest BCUT2D eigenvalue weighted by atomic mass is 9.75. The number of hydrogen-bond acceptors (Lipinski definition) is 1. The molecular formula is C17H25F3O. The van der Waals surface area contributed by atoms with E-state index in [0.29, 0.717) is 5.75 Å². The predicted molar refractivity (Wildman–Crippen MR) is 79.9 cm³/mol. The van der Waals surface area contributed by atoms with Gasteiger partial charge in [0.15, 0.2) is 0 Å². The third kappa shape index (κ3) is 4.14. The van der Waals surface area contributed by atoms with Gasteiger partial charge in [0.25, 0.3) is 0 Å². The second kappa shape index (κ2) is 6.29. The lowest BCUT2D eigenvalue weighted by Crippen LogP contribution is -2.29. The van der Waals surface area contributed by atoms with Gasteiger partial charge < -0.3 is 4.74 Å². The SMILES string of the molecule is COc1c(C(C)C)cccc1C(C)(C)CC(C)C(F)(F)F. The van der Waals surface area contributed by atoms with Gasteiger partial charge >= 0.3 is 6.18 Å². The van der Waals surface area contributed by atoms with Crippen LogP contribution in [-0.4, -0.2) is 13.3 Å². The molecule has 0 N–H and O–H groups in total. The largest absolute Gasteiger partial charge is 0.496 e. The molecule has 0 heterocycles. The Morgan fingerprint density at radius 3 is 2.10 bits per heavy atom. The van der Waals surface area contributed by atoms with Crippen molar-refractivity contribution in [2.75, 3.05) is 7.11 Å². The first-order valence-corrected chi connectivity index (χ1v) is 7.24. The maximum atomic E-state index is 12.9. The van der Waals surface area contributed by atoms with Gasteiger partial charge in [-0.05, 0) is 23.3 Å². The lowest BCUT2D eigenvalue weighted by molar-refractivity contribution is -0.174. The van der Waals surface area contributed by atoms with Crippen LogP contribution in [0.15, 0.2) is 18.2 Å². The lowest BCUT2D eigenvalue weighted by Gasteiger charge is -2.32. The highest BCUT2D eigenvalue weighted by atomic mass is 19.4. The second-order valence-corrected chi connectivity index (χ2v) is 6.61. The summed E-state index contributed by atoms with van der Waals surface area (Å²) in [6.45, 7) is 9.02. The normalized spacial score (nSPS) is 14.4. The zero-order valence-electron chi connectivity index (χ0n) is 13.6. The molecule has 0 amide bonds. The Morgan fingerprint density at radius 2 is 1.67 bits per heavy atom. The fourth-order valence-electron chi connectivity index (χ4n) is 2.76. The van der Waals surface area contributed by atoms with Gasteiger partial charge in [0.05, 0.1) is 13.0 Å². The molecule has 0 radical (unpaired) electrons. The average molecular weight is 302 g/mol. The van der Waals surface area contributed by atoms with Crippen LogP contribution in [0.3, 0.4) is 0 Å². The second-order valence-electron chi connectivity index (χ2n) is 6.61. The Hall–Kier alpha value is -1.19. The number of benzene rings is 1. The Bertz CT molecular complexity index is 475. The molecule has 0 aromatic heterocycles. The van der Waals surface area contributed by atoms with Crippen LogP contribution in [0.25, 0.3) is 0 Å². The Labute approximate surface area is 125 Å². The molecule has 1 nitrogen and oxygen atoms in total. The highest BCUT2D eigenvalue weighted by molar-refractivity contribution is 5.46. The molecule has 0 fully saturated rings. The predicted octanol–water partition coefficient (Wildman–Crippen LogP) is 5.68. The molecule has 0 aliphatic heterocycles. The highest BCUT2D eigenvalue weighted by Crippen LogP contribution is 2.43. The fraction of sp³-hybridized carbons (Fsp3) is 0.647. The topological polar surface area (TPSA) is 9.23 Å². The smallest absolute Gasteiger partial charge is 0.391 e. The molecule has 120 valence electrons. The first kappa shape index (κ1) is 17.9. The van der Waals surface area contributed by atoms with Crippen LogP contribution in [0, 0.1) is 5.92 Å². The van der Waals surface area contributed by atoms with E-state index in [2.05, 4.69) is 0 Å². The molecule has 0 aliphatic carbocycles. The summed E-state index contributed by atoms with van der Waals surface area (Å²) in [5, 5.41) is 0. The van der Waals surface area contributed by atoms with Crippen LogP contribution >= 0.6 is 0 Å². The highest BCUT2D eigenvalue weighted by Gasteiger charge is 2.40. The van der Waals surface area contributed by atoms with E-state index in [0.717, 1.165) is 11.1 Å². The van der Waals surface area contributed by atoms with Crippen molar-refractivity contribution in [3.05, 3.63) is 29.3 Å². The van der Waals surface area contributed by atoms with Gasteiger partial charge in [0, 0.05) is 5.56 Å². The summed E-state index contributed by atoms with van der Waals surface area (Å²) in [6.07, 6.45) is -4.13. The van der Waals surface area contributed by atoms with E-state index in [1.807, 2.05) is 45.9 Å². The summed E-state index contributed by atoms with van der Waals surface area (Å²) >= 11 is 0. The number of hydrogen-bond donors (Lipinski definition) is 0. The molecule has 1 rings (SSSR count). The van der Waals surface area contributed by atoms with Crippen LogP contribution in [-0.2, 0) is 5.41 Å². The van der Waals surface area contributed by atoms with Gasteiger partial charge in [-0.25, -0.2) is 0 Å². The first-order chi connectivity index (χ1) is 9.50. The Kier molecular flexibility index (Phi) is 5.35. The van der Waals surface area contributed by atoms with Crippen LogP contribution in [0.2, 0.25) is 0 Å². The quantitative estimate of drug-likeness (QED) is 0.679. The van der Waals surface area contributed by atoms with E-state index >= 15 is 0 Å². The summed E-state index contributed by atoms with van der Waals surface area (Å²) in [6, 6.07) is 5.73. The van der Waals surface area contributed by atoms with Crippen molar-refractivity contribution < 1.29 is 17.9 Å². The van der Waals surface area contributed by atoms with Crippen LogP contribution < -0.4 is 4.74 Å². The summed E-state index contributed by atoms with van der Waals surface area (Å²) < 4.78 is 44.1. The third-order valence-corrected chi connectivity index (χ3v) is 3.98. The number of para-hydroxylation sites is 1. The molecular weight excluding hydrogens is 277 g/mol. The number of halogens is 3. The number of rotatable bonds is 5. The van der Waals surface area contributed by atoms with Gasteiger partial charge in [-0.15, -0.1) is 0 Å². The third-order valence-electron chi connectivity index (χ3n) is 3.98. The molecule has 1 aromatic rings. The molecule has 0 saturated carbocycles. The van der Waals surface area contributed by atoms with Gasteiger partial charge in [0.2, 0.25) is 0 Å². The Balaban J connectivity index is 3.22. The number of methoxy groups -OCH3 is 1. The van der Waals surface area contributed by atoms with E-state index < -0.39 is 17.5 Å². The molecule has 0 bridgehead atoms. The number of alkyl halides is 3. The van der Waals surface area contributed by atoms with Crippen LogP contribution in [0.5, 0.6) is 5.75 Å². The van der Waals surface area contributed by atoms with Crippen molar-refractivity contribution in [2.24, 2.45) is 5.92 Å². The van der Waals surface area contributed by atoms with Gasteiger partial charge in [-0.2, -0.15) is 13.2 Å². The molecule has 0 aliphatic rings. The summed E-state index contributed by atoms with van der Waals surface area (Å²) in [5.74, 6) is -0.373. The van der Waals surface area contributed by atoms with E-state index in [-0.39, 0.29) is 12.3 Å². The zero-order valence-corrected chi connectivity index (χ0v) is 13.6. The first-order valence-electron chi connectivity index (χ1n) is 7.24. The summed E-state index contributed by atoms with van der Waals surface area (Å²) in [5.41, 5.74) is 1.26. The minimum atomic E-state index is -4.17. The van der Waals surface area contributed by atoms with Crippen molar-refractivity contribution in [3.63, 3.8) is 0 Å². The van der Waals surface area contributed by atoms with E-state index in [1.54, 1.807) is 7.11 Å². The van der Waals surface area contributed by atoms with E-state index in [9.17, 15) is 13.2 Å². The zero-order chi connectivity index (χ0) is 16.4. The maximum Gasteiger partial charge on any atom is 0.391 e. The summed E-state index contributed by atoms with van der Waals surface area (Å²) in [7, 11) is 1.58. The number of ether oxygens (including phenoxy) is 1. The molecule has 1 unspecified atom stereocenters. The van der Waals surface area contributed by atoms with Crippen LogP contribution in [0.1, 0.15) is 58.1 Å². The average Bonchev–Trinajstić information content (AvgIpc) is 2.35. The van der Waals surface area contributed by atoms with Gasteiger partial charge in [0.1, 0.15) is 5.75 Å². The van der Waals surface area contributed by atoms with Gasteiger partial charge in [-0.1, -0.05) is 52.8 Å². The minimum Gasteiger partial charge on any atom is -0.496 e. The molecule has 21 heavy (non-hydrogen) atoms. The minimum absolute atomic E-state index is 0.0361. The van der Waals surface area contributed by atoms with Crippen molar-refractivity contribution >= 4 is 0 Å². The van der Waals surface area contributed by atoms with Crippen molar-refractivity contribution in [3.8, 4) is 5.75 Å². The van der Waals surface area contributed by atoms with E-state index in [1.165, 1.54) is 6.92 Å². The van der Waals surface area contributed by atoms with Gasteiger partial charge in [-0.3, -0.25) is 0 Å². The molecule has 0 spiro atoms.